The Balaban J connectivity index is 2.06. The van der Waals surface area contributed by atoms with Gasteiger partial charge in [0.2, 0.25) is 0 Å². The van der Waals surface area contributed by atoms with Crippen molar-refractivity contribution in [1.82, 2.24) is 4.57 Å². The number of aromatic nitrogens is 1. The van der Waals surface area contributed by atoms with E-state index in [1.807, 2.05) is 0 Å². The lowest BCUT2D eigenvalue weighted by molar-refractivity contribution is -0.384. The van der Waals surface area contributed by atoms with E-state index < -0.39 is 17.0 Å². The molecule has 0 amide bonds. The second-order valence-electron chi connectivity index (χ2n) is 6.49. The Labute approximate surface area is 179 Å². The molecular weight excluding hydrogens is 433 g/mol. The summed E-state index contributed by atoms with van der Waals surface area (Å²) in [6, 6.07) is 9.77. The van der Waals surface area contributed by atoms with Gasteiger partial charge in [-0.3, -0.25) is 14.9 Å². The lowest BCUT2D eigenvalue weighted by atomic mass is 10.0. The predicted octanol–water partition coefficient (Wildman–Crippen LogP) is 5.05. The molecule has 0 saturated heterocycles. The van der Waals surface area contributed by atoms with E-state index in [2.05, 4.69) is 4.74 Å². The van der Waals surface area contributed by atoms with Gasteiger partial charge in [-0.25, -0.2) is 0 Å². The van der Waals surface area contributed by atoms with Crippen LogP contribution in [0.2, 0.25) is 0 Å². The molecule has 168 valence electrons. The molecule has 0 saturated carbocycles. The molecule has 0 N–H and O–H groups in total. The molecule has 2 aromatic carbocycles. The van der Waals surface area contributed by atoms with Gasteiger partial charge in [-0.1, -0.05) is 0 Å². The molecule has 1 aromatic heterocycles. The van der Waals surface area contributed by atoms with Gasteiger partial charge in [-0.15, -0.1) is 13.2 Å². The van der Waals surface area contributed by atoms with Crippen molar-refractivity contribution in [2.24, 2.45) is 7.05 Å². The number of hydrogen-bond donors (Lipinski definition) is 0. The summed E-state index contributed by atoms with van der Waals surface area (Å²) < 4.78 is 53.5. The largest absolute Gasteiger partial charge is 0.573 e. The zero-order chi connectivity index (χ0) is 23.5. The van der Waals surface area contributed by atoms with Gasteiger partial charge in [0, 0.05) is 42.6 Å². The van der Waals surface area contributed by atoms with E-state index in [0.717, 1.165) is 12.1 Å². The highest BCUT2D eigenvalue weighted by Crippen LogP contribution is 2.40. The molecule has 0 aliphatic rings. The Morgan fingerprint density at radius 2 is 1.66 bits per heavy atom. The molecule has 0 bridgehead atoms. The summed E-state index contributed by atoms with van der Waals surface area (Å²) in [5.74, 6) is 0.109. The van der Waals surface area contributed by atoms with Crippen molar-refractivity contribution in [2.75, 3.05) is 6.61 Å². The average molecular weight is 450 g/mol. The van der Waals surface area contributed by atoms with Crippen LogP contribution in [0.4, 0.5) is 18.9 Å². The van der Waals surface area contributed by atoms with Crippen molar-refractivity contribution in [3.8, 4) is 34.1 Å². The maximum absolute atomic E-state index is 12.3. The highest BCUT2D eigenvalue weighted by Gasteiger charge is 2.31. The summed E-state index contributed by atoms with van der Waals surface area (Å²) >= 11 is 0. The molecule has 0 aliphatic heterocycles. The first-order valence-electron chi connectivity index (χ1n) is 9.23. The Hall–Kier alpha value is -4.02. The number of halogens is 3. The van der Waals surface area contributed by atoms with Crippen molar-refractivity contribution in [2.45, 2.75) is 13.3 Å². The summed E-state index contributed by atoms with van der Waals surface area (Å²) in [6.07, 6.45) is -3.37. The smallest absolute Gasteiger partial charge is 0.493 e. The molecular formula is C21H17F3N2O6. The van der Waals surface area contributed by atoms with Gasteiger partial charge >= 0.3 is 6.36 Å². The number of non-ortho nitro benzene ring substituents is 1. The van der Waals surface area contributed by atoms with Crippen molar-refractivity contribution in [1.29, 1.82) is 0 Å². The quantitative estimate of drug-likeness (QED) is 0.369. The summed E-state index contributed by atoms with van der Waals surface area (Å²) in [4.78, 5) is 22.8. The molecule has 1 heterocycles. The zero-order valence-electron chi connectivity index (χ0n) is 16.9. The monoisotopic (exact) mass is 450 g/mol. The third-order valence-electron chi connectivity index (χ3n) is 4.24. The van der Waals surface area contributed by atoms with Gasteiger partial charge in [0.25, 0.3) is 11.2 Å². The standard InChI is InChI=1S/C21H17F3N2O6/c1-3-30-19-11-20(27)25(2)12-17(19)16-10-13(26(28)29)4-9-18(16)31-14-5-7-15(8-6-14)32-21(22,23)24/h4-12H,3H2,1-2H3. The minimum absolute atomic E-state index is 0.164. The zero-order valence-corrected chi connectivity index (χ0v) is 16.9. The molecule has 11 heteroatoms. The number of nitrogens with zero attached hydrogens (tertiary/aromatic N) is 2. The summed E-state index contributed by atoms with van der Waals surface area (Å²) in [5.41, 5.74) is 0.0569. The number of ether oxygens (including phenoxy) is 3. The number of rotatable bonds is 7. The van der Waals surface area contributed by atoms with Crippen LogP contribution >= 0.6 is 0 Å². The van der Waals surface area contributed by atoms with Crippen molar-refractivity contribution < 1.29 is 32.3 Å². The molecule has 3 aromatic rings. The first kappa shape index (κ1) is 22.7. The molecule has 0 radical (unpaired) electrons. The first-order chi connectivity index (χ1) is 15.1. The summed E-state index contributed by atoms with van der Waals surface area (Å²) in [5, 5.41) is 11.3. The second kappa shape index (κ2) is 9.00. The van der Waals surface area contributed by atoms with Crippen LogP contribution in [0.25, 0.3) is 11.1 Å². The van der Waals surface area contributed by atoms with Gasteiger partial charge in [0.15, 0.2) is 0 Å². The molecule has 0 unspecified atom stereocenters. The topological polar surface area (TPSA) is 92.8 Å². The molecule has 3 rings (SSSR count). The summed E-state index contributed by atoms with van der Waals surface area (Å²) in [7, 11) is 1.51. The van der Waals surface area contributed by atoms with E-state index >= 15 is 0 Å². The first-order valence-corrected chi connectivity index (χ1v) is 9.23. The number of nitro benzene ring substituents is 1. The van der Waals surface area contributed by atoms with E-state index in [-0.39, 0.29) is 40.7 Å². The molecule has 0 aliphatic carbocycles. The van der Waals surface area contributed by atoms with Gasteiger partial charge in [-0.2, -0.15) is 0 Å². The Kier molecular flexibility index (Phi) is 6.37. The maximum atomic E-state index is 12.3. The predicted molar refractivity (Wildman–Crippen MR) is 108 cm³/mol. The average Bonchev–Trinajstić information content (AvgIpc) is 2.71. The van der Waals surface area contributed by atoms with Crippen molar-refractivity contribution in [3.63, 3.8) is 0 Å². The number of alkyl halides is 3. The van der Waals surface area contributed by atoms with Crippen LogP contribution in [-0.4, -0.2) is 22.5 Å². The Bertz CT molecular complexity index is 1190. The molecule has 0 spiro atoms. The third kappa shape index (κ3) is 5.36. The van der Waals surface area contributed by atoms with Gasteiger partial charge in [0.1, 0.15) is 23.0 Å². The lowest BCUT2D eigenvalue weighted by Crippen LogP contribution is -2.16. The second-order valence-corrected chi connectivity index (χ2v) is 6.49. The number of benzene rings is 2. The highest BCUT2D eigenvalue weighted by atomic mass is 19.4. The lowest BCUT2D eigenvalue weighted by Gasteiger charge is -2.16. The van der Waals surface area contributed by atoms with Gasteiger partial charge in [-0.05, 0) is 37.3 Å². The minimum Gasteiger partial charge on any atom is -0.493 e. The van der Waals surface area contributed by atoms with Crippen LogP contribution in [0.3, 0.4) is 0 Å². The maximum Gasteiger partial charge on any atom is 0.573 e. The molecule has 8 nitrogen and oxygen atoms in total. The summed E-state index contributed by atoms with van der Waals surface area (Å²) in [6.45, 7) is 1.96. The van der Waals surface area contributed by atoms with Crippen molar-refractivity contribution in [3.05, 3.63) is 75.2 Å². The van der Waals surface area contributed by atoms with Crippen LogP contribution in [0.15, 0.2) is 59.5 Å². The molecule has 32 heavy (non-hydrogen) atoms. The van der Waals surface area contributed by atoms with Gasteiger partial charge < -0.3 is 18.8 Å². The third-order valence-corrected chi connectivity index (χ3v) is 4.24. The van der Waals surface area contributed by atoms with Crippen LogP contribution in [-0.2, 0) is 7.05 Å². The van der Waals surface area contributed by atoms with E-state index in [4.69, 9.17) is 9.47 Å². The minimum atomic E-state index is -4.83. The van der Waals surface area contributed by atoms with E-state index in [9.17, 15) is 28.1 Å². The number of hydrogen-bond acceptors (Lipinski definition) is 6. The van der Waals surface area contributed by atoms with Crippen LogP contribution < -0.4 is 19.8 Å². The number of aryl methyl sites for hydroxylation is 1. The van der Waals surface area contributed by atoms with E-state index in [1.165, 1.54) is 54.2 Å². The van der Waals surface area contributed by atoms with Gasteiger partial charge in [0.05, 0.1) is 11.5 Å². The normalized spacial score (nSPS) is 11.2. The van der Waals surface area contributed by atoms with E-state index in [1.54, 1.807) is 6.92 Å². The van der Waals surface area contributed by atoms with Crippen LogP contribution in [0, 0.1) is 10.1 Å². The fourth-order valence-electron chi connectivity index (χ4n) is 2.86. The Morgan fingerprint density at radius 1 is 1.00 bits per heavy atom. The number of pyridine rings is 1. The van der Waals surface area contributed by atoms with Crippen LogP contribution in [0.5, 0.6) is 23.0 Å². The molecule has 0 fully saturated rings. The van der Waals surface area contributed by atoms with Crippen LogP contribution in [0.1, 0.15) is 6.92 Å². The highest BCUT2D eigenvalue weighted by molar-refractivity contribution is 5.77. The Morgan fingerprint density at radius 3 is 2.25 bits per heavy atom. The number of nitro groups is 1. The fraction of sp³-hybridized carbons (Fsp3) is 0.190. The fourth-order valence-corrected chi connectivity index (χ4v) is 2.86. The molecule has 0 atom stereocenters. The van der Waals surface area contributed by atoms with E-state index in [0.29, 0.717) is 5.56 Å². The SMILES string of the molecule is CCOc1cc(=O)n(C)cc1-c1cc([N+](=O)[O-])ccc1Oc1ccc(OC(F)(F)F)cc1. The van der Waals surface area contributed by atoms with Crippen molar-refractivity contribution >= 4 is 5.69 Å².